The molecule has 1 amide bonds. The Morgan fingerprint density at radius 1 is 0.977 bits per heavy atom. The summed E-state index contributed by atoms with van der Waals surface area (Å²) in [6.07, 6.45) is 2.99. The highest BCUT2D eigenvalue weighted by atomic mass is 19.4. The maximum Gasteiger partial charge on any atom is 0.490 e. The zero-order valence-corrected chi connectivity index (χ0v) is 25.8. The van der Waals surface area contributed by atoms with Crippen molar-refractivity contribution in [1.29, 1.82) is 0 Å². The Bertz CT molecular complexity index is 1180. The van der Waals surface area contributed by atoms with Crippen LogP contribution < -0.4 is 4.90 Å². The largest absolute Gasteiger partial charge is 0.490 e. The number of para-hydroxylation sites is 1. The molecule has 3 aliphatic rings. The highest BCUT2D eigenvalue weighted by Crippen LogP contribution is 2.41. The number of halogens is 3. The van der Waals surface area contributed by atoms with Crippen LogP contribution in [0.3, 0.4) is 0 Å². The minimum Gasteiger partial charge on any atom is -0.475 e. The van der Waals surface area contributed by atoms with Gasteiger partial charge in [-0.15, -0.1) is 0 Å². The Morgan fingerprint density at radius 3 is 2.09 bits per heavy atom. The van der Waals surface area contributed by atoms with E-state index in [1.807, 2.05) is 18.2 Å². The number of rotatable bonds is 9. The first-order valence-electron chi connectivity index (χ1n) is 15.8. The van der Waals surface area contributed by atoms with E-state index in [2.05, 4.69) is 71.0 Å². The first kappa shape index (κ1) is 33.8. The van der Waals surface area contributed by atoms with Crippen LogP contribution in [0.5, 0.6) is 0 Å². The summed E-state index contributed by atoms with van der Waals surface area (Å²) in [4.78, 5) is 30.1. The number of likely N-dealkylation sites (tertiary alicyclic amines) is 1. The van der Waals surface area contributed by atoms with Crippen molar-refractivity contribution in [2.75, 3.05) is 37.8 Å². The van der Waals surface area contributed by atoms with E-state index in [0.717, 1.165) is 50.7 Å². The molecule has 0 aromatic heterocycles. The number of benzene rings is 2. The van der Waals surface area contributed by atoms with Gasteiger partial charge in [0.1, 0.15) is 5.54 Å². The van der Waals surface area contributed by atoms with Crippen LogP contribution in [-0.2, 0) is 20.9 Å². The van der Waals surface area contributed by atoms with E-state index in [-0.39, 0.29) is 0 Å². The molecule has 2 heterocycles. The molecule has 0 unspecified atom stereocenters. The molecule has 44 heavy (non-hydrogen) atoms. The number of carboxylic acids is 1. The summed E-state index contributed by atoms with van der Waals surface area (Å²) in [6, 6.07) is 21.6. The van der Waals surface area contributed by atoms with Crippen LogP contribution in [0, 0.1) is 11.8 Å². The van der Waals surface area contributed by atoms with Gasteiger partial charge in [0, 0.05) is 38.0 Å². The van der Waals surface area contributed by atoms with Crippen molar-refractivity contribution in [2.45, 2.75) is 83.2 Å². The average Bonchev–Trinajstić information content (AvgIpc) is 3.28. The second kappa shape index (κ2) is 15.3. The van der Waals surface area contributed by atoms with Crippen LogP contribution in [-0.4, -0.2) is 77.4 Å². The van der Waals surface area contributed by atoms with Crippen molar-refractivity contribution in [3.63, 3.8) is 0 Å². The van der Waals surface area contributed by atoms with Crippen LogP contribution >= 0.6 is 0 Å². The highest BCUT2D eigenvalue weighted by Gasteiger charge is 2.54. The number of aliphatic carboxylic acids is 1. The predicted octanol–water partition coefficient (Wildman–Crippen LogP) is 6.58. The van der Waals surface area contributed by atoms with Gasteiger partial charge in [-0.1, -0.05) is 62.4 Å². The molecule has 2 aromatic rings. The molecule has 10 heteroatoms. The SMILES string of the molecule is CC(C)C1CCC(N2CCC3(CC2)C(=O)N(CCCOCc2ccccc2)CN3c2ccccc2)CC1.O=C(O)C(F)(F)F. The van der Waals surface area contributed by atoms with E-state index in [0.29, 0.717) is 31.8 Å². The summed E-state index contributed by atoms with van der Waals surface area (Å²) >= 11 is 0. The molecule has 1 aliphatic carbocycles. The van der Waals surface area contributed by atoms with E-state index in [4.69, 9.17) is 14.6 Å². The minimum absolute atomic E-state index is 0.322. The first-order chi connectivity index (χ1) is 21.0. The zero-order chi connectivity index (χ0) is 31.7. The summed E-state index contributed by atoms with van der Waals surface area (Å²) in [7, 11) is 0. The number of carbonyl (C=O) groups is 2. The summed E-state index contributed by atoms with van der Waals surface area (Å²) in [5.74, 6) is -0.742. The lowest BCUT2D eigenvalue weighted by molar-refractivity contribution is -0.192. The van der Waals surface area contributed by atoms with Crippen molar-refractivity contribution in [1.82, 2.24) is 9.80 Å². The summed E-state index contributed by atoms with van der Waals surface area (Å²) in [5, 5.41) is 7.12. The molecular weight excluding hydrogens is 571 g/mol. The second-order valence-corrected chi connectivity index (χ2v) is 12.5. The first-order valence-corrected chi connectivity index (χ1v) is 15.8. The van der Waals surface area contributed by atoms with Gasteiger partial charge in [0.25, 0.3) is 0 Å². The maximum absolute atomic E-state index is 14.0. The maximum atomic E-state index is 14.0. The fourth-order valence-corrected chi connectivity index (χ4v) is 6.89. The molecular formula is C34H46F3N3O4. The smallest absolute Gasteiger partial charge is 0.475 e. The molecule has 7 nitrogen and oxygen atoms in total. The molecule has 2 aromatic carbocycles. The third-order valence-electron chi connectivity index (χ3n) is 9.48. The molecule has 1 N–H and O–H groups in total. The number of alkyl halides is 3. The van der Waals surface area contributed by atoms with E-state index < -0.39 is 17.7 Å². The number of hydrogen-bond donors (Lipinski definition) is 1. The lowest BCUT2D eigenvalue weighted by Gasteiger charge is -2.47. The van der Waals surface area contributed by atoms with Crippen LogP contribution in [0.2, 0.25) is 0 Å². The van der Waals surface area contributed by atoms with Crippen molar-refractivity contribution in [3.05, 3.63) is 66.2 Å². The van der Waals surface area contributed by atoms with E-state index >= 15 is 0 Å². The van der Waals surface area contributed by atoms with Gasteiger partial charge in [-0.2, -0.15) is 13.2 Å². The van der Waals surface area contributed by atoms with Gasteiger partial charge in [-0.05, 0) is 74.5 Å². The van der Waals surface area contributed by atoms with Crippen molar-refractivity contribution < 1.29 is 32.6 Å². The van der Waals surface area contributed by atoms with Gasteiger partial charge in [-0.25, -0.2) is 4.79 Å². The molecule has 242 valence electrons. The molecule has 2 saturated heterocycles. The third-order valence-corrected chi connectivity index (χ3v) is 9.48. The van der Waals surface area contributed by atoms with E-state index in [9.17, 15) is 18.0 Å². The topological polar surface area (TPSA) is 73.3 Å². The Hall–Kier alpha value is -3.11. The highest BCUT2D eigenvalue weighted by molar-refractivity contribution is 5.93. The van der Waals surface area contributed by atoms with Crippen LogP contribution in [0.1, 0.15) is 64.4 Å². The molecule has 0 bridgehead atoms. The number of ether oxygens (including phenoxy) is 1. The van der Waals surface area contributed by atoms with Gasteiger partial charge in [-0.3, -0.25) is 4.79 Å². The van der Waals surface area contributed by atoms with Gasteiger partial charge < -0.3 is 24.5 Å². The monoisotopic (exact) mass is 617 g/mol. The number of nitrogens with zero attached hydrogens (tertiary/aromatic N) is 3. The standard InChI is InChI=1S/C32H45N3O2.C2HF3O2/c1-26(2)28-14-16-29(17-15-28)33-21-18-32(19-22-33)31(36)34(25-35(32)30-12-7-4-8-13-30)20-9-23-37-24-27-10-5-3-6-11-27;3-2(4,5)1(6)7/h3-8,10-13,26,28-29H,9,14-25H2,1-2H3;(H,6,7). The fourth-order valence-electron chi connectivity index (χ4n) is 6.89. The molecule has 1 spiro atoms. The summed E-state index contributed by atoms with van der Waals surface area (Å²) in [5.41, 5.74) is 1.96. The number of hydrogen-bond acceptors (Lipinski definition) is 5. The Kier molecular flexibility index (Phi) is 11.7. The fraction of sp³-hybridized carbons (Fsp3) is 0.588. The van der Waals surface area contributed by atoms with Crippen molar-refractivity contribution >= 4 is 17.6 Å². The molecule has 1 saturated carbocycles. The van der Waals surface area contributed by atoms with Crippen LogP contribution in [0.4, 0.5) is 18.9 Å². The lowest BCUT2D eigenvalue weighted by atomic mass is 9.78. The van der Waals surface area contributed by atoms with E-state index in [1.54, 1.807) is 0 Å². The molecule has 0 radical (unpaired) electrons. The number of amides is 1. The second-order valence-electron chi connectivity index (χ2n) is 12.5. The lowest BCUT2D eigenvalue weighted by Crippen LogP contribution is -2.58. The normalized spacial score (nSPS) is 22.3. The number of anilines is 1. The Morgan fingerprint density at radius 2 is 1.55 bits per heavy atom. The predicted molar refractivity (Wildman–Crippen MR) is 164 cm³/mol. The Balaban J connectivity index is 0.000000566. The molecule has 3 fully saturated rings. The number of carboxylic acid groups (broad SMARTS) is 1. The van der Waals surface area contributed by atoms with E-state index in [1.165, 1.54) is 36.9 Å². The van der Waals surface area contributed by atoms with Crippen molar-refractivity contribution in [3.8, 4) is 0 Å². The van der Waals surface area contributed by atoms with Gasteiger partial charge in [0.2, 0.25) is 5.91 Å². The molecule has 2 aliphatic heterocycles. The number of piperidine rings is 1. The third kappa shape index (κ3) is 8.53. The van der Waals surface area contributed by atoms with Crippen LogP contribution in [0.25, 0.3) is 0 Å². The van der Waals surface area contributed by atoms with Gasteiger partial charge in [0.15, 0.2) is 0 Å². The van der Waals surface area contributed by atoms with Crippen molar-refractivity contribution in [2.24, 2.45) is 11.8 Å². The molecule has 5 rings (SSSR count). The van der Waals surface area contributed by atoms with Gasteiger partial charge in [0.05, 0.1) is 13.3 Å². The van der Waals surface area contributed by atoms with Crippen LogP contribution in [0.15, 0.2) is 60.7 Å². The molecule has 0 atom stereocenters. The minimum atomic E-state index is -5.08. The quantitative estimate of drug-likeness (QED) is 0.321. The number of carbonyl (C=O) groups excluding carboxylic acids is 1. The Labute approximate surface area is 259 Å². The summed E-state index contributed by atoms with van der Waals surface area (Å²) in [6.45, 7) is 9.54. The van der Waals surface area contributed by atoms with Gasteiger partial charge >= 0.3 is 12.1 Å². The average molecular weight is 618 g/mol. The summed E-state index contributed by atoms with van der Waals surface area (Å²) < 4.78 is 37.6. The zero-order valence-electron chi connectivity index (χ0n) is 25.8.